The Morgan fingerprint density at radius 3 is 2.88 bits per heavy atom. The molecule has 0 unspecified atom stereocenters. The zero-order valence-corrected chi connectivity index (χ0v) is 11.1. The van der Waals surface area contributed by atoms with E-state index in [1.54, 1.807) is 13.4 Å². The van der Waals surface area contributed by atoms with Crippen molar-refractivity contribution in [2.75, 3.05) is 20.6 Å². The van der Waals surface area contributed by atoms with Crippen LogP contribution in [0.3, 0.4) is 0 Å². The third-order valence-corrected chi connectivity index (χ3v) is 2.63. The van der Waals surface area contributed by atoms with Crippen LogP contribution >= 0.6 is 0 Å². The summed E-state index contributed by atoms with van der Waals surface area (Å²) in [5.74, 6) is 1.79. The van der Waals surface area contributed by atoms with Gasteiger partial charge in [-0.2, -0.15) is 0 Å². The number of unbranched alkanes of at least 4 members (excludes halogenated alkanes) is 1. The van der Waals surface area contributed by atoms with Crippen molar-refractivity contribution in [1.29, 1.82) is 0 Å². The molecule has 1 aromatic rings. The molecule has 0 amide bonds. The quantitative estimate of drug-likeness (QED) is 0.603. The fourth-order valence-corrected chi connectivity index (χ4v) is 1.51. The summed E-state index contributed by atoms with van der Waals surface area (Å²) >= 11 is 0. The van der Waals surface area contributed by atoms with Crippen LogP contribution in [0, 0.1) is 0 Å². The van der Waals surface area contributed by atoms with Crippen LogP contribution in [0.4, 0.5) is 0 Å². The normalized spacial score (nSPS) is 11.6. The Kier molecular flexibility index (Phi) is 5.45. The third kappa shape index (κ3) is 4.05. The van der Waals surface area contributed by atoms with Crippen LogP contribution < -0.4 is 5.32 Å². The van der Waals surface area contributed by atoms with Crippen LogP contribution in [-0.4, -0.2) is 46.3 Å². The number of rotatable bonds is 5. The van der Waals surface area contributed by atoms with Gasteiger partial charge in [-0.05, 0) is 6.42 Å². The van der Waals surface area contributed by atoms with Crippen LogP contribution in [-0.2, 0) is 13.6 Å². The topological polar surface area (TPSA) is 58.3 Å². The van der Waals surface area contributed by atoms with Crippen LogP contribution in [0.5, 0.6) is 0 Å². The van der Waals surface area contributed by atoms with Crippen molar-refractivity contribution in [2.24, 2.45) is 12.0 Å². The molecule has 6 heteroatoms. The Labute approximate surface area is 103 Å². The molecule has 0 aliphatic heterocycles. The summed E-state index contributed by atoms with van der Waals surface area (Å²) in [4.78, 5) is 6.37. The zero-order valence-electron chi connectivity index (χ0n) is 11.1. The second-order valence-corrected chi connectivity index (χ2v) is 4.03. The summed E-state index contributed by atoms with van der Waals surface area (Å²) in [6.45, 7) is 3.83. The molecule has 0 saturated heterocycles. The number of aliphatic imine (C=N–C) groups is 1. The molecule has 0 aliphatic rings. The maximum absolute atomic E-state index is 4.24. The fraction of sp³-hybridized carbons (Fsp3) is 0.727. The summed E-state index contributed by atoms with van der Waals surface area (Å²) in [7, 11) is 5.77. The van der Waals surface area contributed by atoms with Gasteiger partial charge < -0.3 is 14.8 Å². The molecule has 96 valence electrons. The Hall–Kier alpha value is -1.59. The predicted octanol–water partition coefficient (Wildman–Crippen LogP) is 0.622. The van der Waals surface area contributed by atoms with Crippen molar-refractivity contribution in [3.63, 3.8) is 0 Å². The molecule has 0 fully saturated rings. The van der Waals surface area contributed by atoms with Crippen molar-refractivity contribution in [2.45, 2.75) is 26.3 Å². The lowest BCUT2D eigenvalue weighted by Gasteiger charge is -2.21. The molecule has 1 aromatic heterocycles. The van der Waals surface area contributed by atoms with Gasteiger partial charge in [-0.1, -0.05) is 13.3 Å². The Bertz CT molecular complexity index is 357. The van der Waals surface area contributed by atoms with E-state index in [9.17, 15) is 0 Å². The number of aromatic nitrogens is 3. The van der Waals surface area contributed by atoms with E-state index in [1.807, 2.05) is 18.7 Å². The van der Waals surface area contributed by atoms with E-state index < -0.39 is 0 Å². The van der Waals surface area contributed by atoms with E-state index in [2.05, 4.69) is 32.3 Å². The SMILES string of the molecule is CCCCN(C)C(=NC)NCc1nncn1C. The summed E-state index contributed by atoms with van der Waals surface area (Å²) in [5.41, 5.74) is 0. The molecular formula is C11H22N6. The Balaban J connectivity index is 2.45. The van der Waals surface area contributed by atoms with E-state index in [0.29, 0.717) is 6.54 Å². The number of hydrogen-bond donors (Lipinski definition) is 1. The molecule has 1 N–H and O–H groups in total. The maximum Gasteiger partial charge on any atom is 0.193 e. The van der Waals surface area contributed by atoms with Gasteiger partial charge in [0.2, 0.25) is 0 Å². The minimum Gasteiger partial charge on any atom is -0.349 e. The lowest BCUT2D eigenvalue weighted by Crippen LogP contribution is -2.39. The van der Waals surface area contributed by atoms with Gasteiger partial charge in [0.05, 0.1) is 6.54 Å². The van der Waals surface area contributed by atoms with Crippen molar-refractivity contribution < 1.29 is 0 Å². The molecule has 0 aliphatic carbocycles. The first-order valence-corrected chi connectivity index (χ1v) is 5.93. The van der Waals surface area contributed by atoms with Gasteiger partial charge in [0.25, 0.3) is 0 Å². The van der Waals surface area contributed by atoms with Crippen molar-refractivity contribution in [3.8, 4) is 0 Å². The standard InChI is InChI=1S/C11H22N6/c1-5-6-7-16(3)11(12-2)13-8-10-15-14-9-17(10)4/h9H,5-8H2,1-4H3,(H,12,13). The predicted molar refractivity (Wildman–Crippen MR) is 68.7 cm³/mol. The largest absolute Gasteiger partial charge is 0.349 e. The van der Waals surface area contributed by atoms with E-state index in [-0.39, 0.29) is 0 Å². The first-order chi connectivity index (χ1) is 8.19. The van der Waals surface area contributed by atoms with E-state index in [4.69, 9.17) is 0 Å². The van der Waals surface area contributed by atoms with Crippen molar-refractivity contribution >= 4 is 5.96 Å². The van der Waals surface area contributed by atoms with E-state index in [0.717, 1.165) is 18.3 Å². The average molecular weight is 238 g/mol. The van der Waals surface area contributed by atoms with Gasteiger partial charge in [0.15, 0.2) is 11.8 Å². The van der Waals surface area contributed by atoms with Gasteiger partial charge in [-0.15, -0.1) is 10.2 Å². The van der Waals surface area contributed by atoms with Crippen molar-refractivity contribution in [3.05, 3.63) is 12.2 Å². The summed E-state index contributed by atoms with van der Waals surface area (Å²) in [6.07, 6.45) is 4.05. The van der Waals surface area contributed by atoms with Gasteiger partial charge in [-0.25, -0.2) is 0 Å². The minimum atomic E-state index is 0.639. The third-order valence-electron chi connectivity index (χ3n) is 2.63. The lowest BCUT2D eigenvalue weighted by atomic mass is 10.3. The summed E-state index contributed by atoms with van der Waals surface area (Å²) in [6, 6.07) is 0. The van der Waals surface area contributed by atoms with Gasteiger partial charge >= 0.3 is 0 Å². The highest BCUT2D eigenvalue weighted by Crippen LogP contribution is 1.95. The Morgan fingerprint density at radius 2 is 2.35 bits per heavy atom. The van der Waals surface area contributed by atoms with Gasteiger partial charge in [0.1, 0.15) is 6.33 Å². The minimum absolute atomic E-state index is 0.639. The average Bonchev–Trinajstić information content (AvgIpc) is 2.73. The van der Waals surface area contributed by atoms with E-state index >= 15 is 0 Å². The second kappa shape index (κ2) is 6.88. The molecule has 1 heterocycles. The number of hydrogen-bond acceptors (Lipinski definition) is 3. The lowest BCUT2D eigenvalue weighted by molar-refractivity contribution is 0.463. The highest BCUT2D eigenvalue weighted by atomic mass is 15.3. The van der Waals surface area contributed by atoms with Crippen molar-refractivity contribution in [1.82, 2.24) is 25.0 Å². The van der Waals surface area contributed by atoms with Gasteiger partial charge in [-0.3, -0.25) is 4.99 Å². The molecular weight excluding hydrogens is 216 g/mol. The second-order valence-electron chi connectivity index (χ2n) is 4.03. The molecule has 0 saturated carbocycles. The zero-order chi connectivity index (χ0) is 12.7. The van der Waals surface area contributed by atoms with Crippen LogP contribution in [0.2, 0.25) is 0 Å². The number of nitrogens with one attached hydrogen (secondary N) is 1. The first-order valence-electron chi connectivity index (χ1n) is 5.93. The first kappa shape index (κ1) is 13.5. The summed E-state index contributed by atoms with van der Waals surface area (Å²) in [5, 5.41) is 11.1. The highest BCUT2D eigenvalue weighted by Gasteiger charge is 2.06. The maximum atomic E-state index is 4.24. The molecule has 0 aromatic carbocycles. The number of guanidine groups is 1. The smallest absolute Gasteiger partial charge is 0.193 e. The van der Waals surface area contributed by atoms with Crippen LogP contribution in [0.1, 0.15) is 25.6 Å². The molecule has 6 nitrogen and oxygen atoms in total. The summed E-state index contributed by atoms with van der Waals surface area (Å²) < 4.78 is 1.90. The molecule has 1 rings (SSSR count). The fourth-order valence-electron chi connectivity index (χ4n) is 1.51. The molecule has 0 bridgehead atoms. The van der Waals surface area contributed by atoms with Gasteiger partial charge in [0, 0.05) is 27.7 Å². The molecule has 0 radical (unpaired) electrons. The number of aryl methyl sites for hydroxylation is 1. The molecule has 17 heavy (non-hydrogen) atoms. The van der Waals surface area contributed by atoms with Crippen LogP contribution in [0.25, 0.3) is 0 Å². The monoisotopic (exact) mass is 238 g/mol. The molecule has 0 atom stereocenters. The van der Waals surface area contributed by atoms with Crippen LogP contribution in [0.15, 0.2) is 11.3 Å². The number of nitrogens with zero attached hydrogens (tertiary/aromatic N) is 5. The highest BCUT2D eigenvalue weighted by molar-refractivity contribution is 5.79. The molecule has 0 spiro atoms. The Morgan fingerprint density at radius 1 is 1.59 bits per heavy atom. The van der Waals surface area contributed by atoms with E-state index in [1.165, 1.54) is 12.8 Å².